The van der Waals surface area contributed by atoms with Crippen molar-refractivity contribution in [3.63, 3.8) is 0 Å². The standard InChI is InChI=1S/C38H37N2O.C14H14N.Ir/c1-22(2)35(23(3)4)32-21-39-34(20-24(32)5)31-15-11-14-29-30-16-17-33(40-38(30)41-37(29)31)36-25(6)18-28(19-26(36)7)27-12-9-8-10-13-27;1-10-4-6-13(7-5-10)14-8-11(2)12(3)9-15-14;/h8-14,16-23,35H,1-7H3;4-6,8-9H,1-3H3;/q2*-1;. The summed E-state index contributed by atoms with van der Waals surface area (Å²) >= 11 is 0. The van der Waals surface area contributed by atoms with Gasteiger partial charge in [-0.25, -0.2) is 4.98 Å². The van der Waals surface area contributed by atoms with Gasteiger partial charge < -0.3 is 14.4 Å². The first-order chi connectivity index (χ1) is 26.9. The van der Waals surface area contributed by atoms with Crippen LogP contribution in [-0.2, 0) is 20.1 Å². The molecule has 0 N–H and O–H groups in total. The quantitative estimate of drug-likeness (QED) is 0.149. The van der Waals surface area contributed by atoms with E-state index in [0.29, 0.717) is 23.5 Å². The van der Waals surface area contributed by atoms with Gasteiger partial charge in [0.05, 0.1) is 11.3 Å². The summed E-state index contributed by atoms with van der Waals surface area (Å²) in [6.45, 7) is 21.9. The van der Waals surface area contributed by atoms with Gasteiger partial charge in [-0.1, -0.05) is 111 Å². The second kappa shape index (κ2) is 17.5. The fourth-order valence-electron chi connectivity index (χ4n) is 8.09. The van der Waals surface area contributed by atoms with Crippen LogP contribution in [0.25, 0.3) is 67.0 Å². The van der Waals surface area contributed by atoms with Gasteiger partial charge in [-0.2, -0.15) is 0 Å². The number of aryl methyl sites for hydroxylation is 6. The maximum absolute atomic E-state index is 6.48. The Hall–Kier alpha value is -5.22. The van der Waals surface area contributed by atoms with Crippen LogP contribution in [0.1, 0.15) is 72.6 Å². The molecule has 0 unspecified atom stereocenters. The van der Waals surface area contributed by atoms with Gasteiger partial charge in [-0.15, -0.1) is 53.6 Å². The van der Waals surface area contributed by atoms with E-state index < -0.39 is 0 Å². The Balaban J connectivity index is 0.000000288. The fraction of sp³-hybridized carbons (Fsp3) is 0.250. The third-order valence-corrected chi connectivity index (χ3v) is 11.0. The molecule has 5 heteroatoms. The van der Waals surface area contributed by atoms with Crippen LogP contribution < -0.4 is 0 Å². The molecule has 8 aromatic rings. The Kier molecular flexibility index (Phi) is 12.7. The minimum absolute atomic E-state index is 0. The van der Waals surface area contributed by atoms with Crippen LogP contribution in [-0.4, -0.2) is 15.0 Å². The van der Waals surface area contributed by atoms with Crippen molar-refractivity contribution in [1.29, 1.82) is 0 Å². The molecule has 4 aromatic heterocycles. The Morgan fingerprint density at radius 1 is 0.579 bits per heavy atom. The monoisotopic (exact) mass is 926 g/mol. The zero-order valence-corrected chi connectivity index (χ0v) is 37.1. The van der Waals surface area contributed by atoms with E-state index in [9.17, 15) is 0 Å². The van der Waals surface area contributed by atoms with Crippen molar-refractivity contribution < 1.29 is 24.5 Å². The van der Waals surface area contributed by atoms with E-state index in [4.69, 9.17) is 14.4 Å². The maximum Gasteiger partial charge on any atom is 0.216 e. The van der Waals surface area contributed by atoms with Crippen LogP contribution in [0.4, 0.5) is 0 Å². The van der Waals surface area contributed by atoms with E-state index in [2.05, 4.69) is 177 Å². The van der Waals surface area contributed by atoms with Gasteiger partial charge in [-0.05, 0) is 109 Å². The summed E-state index contributed by atoms with van der Waals surface area (Å²) in [6.07, 6.45) is 3.98. The third kappa shape index (κ3) is 8.71. The summed E-state index contributed by atoms with van der Waals surface area (Å²) in [4.78, 5) is 14.4. The van der Waals surface area contributed by atoms with E-state index in [1.54, 1.807) is 0 Å². The van der Waals surface area contributed by atoms with Gasteiger partial charge in [-0.3, -0.25) is 0 Å². The smallest absolute Gasteiger partial charge is 0.216 e. The van der Waals surface area contributed by atoms with Crippen LogP contribution in [0.15, 0.2) is 114 Å². The van der Waals surface area contributed by atoms with Crippen molar-refractivity contribution in [2.75, 3.05) is 0 Å². The number of aromatic nitrogens is 3. The molecule has 0 fully saturated rings. The number of hydrogen-bond donors (Lipinski definition) is 0. The fourth-order valence-corrected chi connectivity index (χ4v) is 8.09. The van der Waals surface area contributed by atoms with Gasteiger partial charge in [0.2, 0.25) is 5.71 Å². The molecule has 291 valence electrons. The Morgan fingerprint density at radius 3 is 1.89 bits per heavy atom. The number of nitrogens with zero attached hydrogens (tertiary/aromatic N) is 3. The van der Waals surface area contributed by atoms with Crippen LogP contribution in [0.2, 0.25) is 0 Å². The molecule has 0 atom stereocenters. The summed E-state index contributed by atoms with van der Waals surface area (Å²) in [6, 6.07) is 40.4. The molecule has 0 spiro atoms. The van der Waals surface area contributed by atoms with Gasteiger partial charge in [0.15, 0.2) is 0 Å². The van der Waals surface area contributed by atoms with Crippen LogP contribution in [0.3, 0.4) is 0 Å². The molecule has 0 aliphatic carbocycles. The van der Waals surface area contributed by atoms with Gasteiger partial charge in [0.25, 0.3) is 0 Å². The van der Waals surface area contributed by atoms with Crippen molar-refractivity contribution in [2.45, 2.75) is 75.2 Å². The summed E-state index contributed by atoms with van der Waals surface area (Å²) < 4.78 is 6.48. The van der Waals surface area contributed by atoms with Crippen molar-refractivity contribution in [3.8, 4) is 44.9 Å². The number of furan rings is 1. The number of hydrogen-bond acceptors (Lipinski definition) is 4. The molecule has 0 saturated heterocycles. The zero-order chi connectivity index (χ0) is 39.7. The maximum atomic E-state index is 6.48. The SMILES string of the molecule is Cc1c[c-]c(-c2cc(C)c(C)cn2)cc1.Cc1cc(-c2[c-]ccc3c2oc2nc(-c4c(C)cc(-c5ccccc5)cc4C)ccc23)ncc1C(C(C)C)C(C)C.[Ir]. The number of rotatable bonds is 7. The predicted octanol–water partition coefficient (Wildman–Crippen LogP) is 14.0. The average molecular weight is 926 g/mol. The molecule has 1 radical (unpaired) electrons. The molecule has 0 aliphatic heterocycles. The summed E-state index contributed by atoms with van der Waals surface area (Å²) in [7, 11) is 0. The number of pyridine rings is 3. The normalized spacial score (nSPS) is 11.3. The van der Waals surface area contributed by atoms with E-state index in [1.165, 1.54) is 50.1 Å². The molecular weight excluding hydrogens is 875 g/mol. The van der Waals surface area contributed by atoms with Crippen molar-refractivity contribution in [2.24, 2.45) is 11.8 Å². The average Bonchev–Trinajstić information content (AvgIpc) is 3.55. The van der Waals surface area contributed by atoms with E-state index in [0.717, 1.165) is 50.1 Å². The van der Waals surface area contributed by atoms with Gasteiger partial charge in [0, 0.05) is 43.4 Å². The van der Waals surface area contributed by atoms with E-state index >= 15 is 0 Å². The van der Waals surface area contributed by atoms with E-state index in [1.807, 2.05) is 18.3 Å². The topological polar surface area (TPSA) is 51.8 Å². The second-order valence-corrected chi connectivity index (χ2v) is 16.0. The van der Waals surface area contributed by atoms with Crippen LogP contribution in [0, 0.1) is 65.5 Å². The van der Waals surface area contributed by atoms with Crippen LogP contribution >= 0.6 is 0 Å². The molecule has 57 heavy (non-hydrogen) atoms. The molecule has 4 heterocycles. The molecule has 0 aliphatic rings. The van der Waals surface area contributed by atoms with Gasteiger partial charge >= 0.3 is 0 Å². The minimum atomic E-state index is 0. The molecule has 8 rings (SSSR count). The predicted molar refractivity (Wildman–Crippen MR) is 234 cm³/mol. The number of fused-ring (bicyclic) bond motifs is 3. The molecule has 4 nitrogen and oxygen atoms in total. The molecule has 4 aromatic carbocycles. The third-order valence-electron chi connectivity index (χ3n) is 11.0. The first-order valence-corrected chi connectivity index (χ1v) is 19.7. The van der Waals surface area contributed by atoms with Crippen molar-refractivity contribution in [1.82, 2.24) is 15.0 Å². The van der Waals surface area contributed by atoms with E-state index in [-0.39, 0.29) is 20.1 Å². The largest absolute Gasteiger partial charge is 0.486 e. The van der Waals surface area contributed by atoms with Gasteiger partial charge in [0.1, 0.15) is 0 Å². The Labute approximate surface area is 352 Å². The molecular formula is C52H51IrN3O-2. The first kappa shape index (κ1) is 41.4. The molecule has 0 saturated carbocycles. The first-order valence-electron chi connectivity index (χ1n) is 19.7. The second-order valence-electron chi connectivity index (χ2n) is 16.0. The summed E-state index contributed by atoms with van der Waals surface area (Å²) in [5.41, 5.74) is 18.4. The summed E-state index contributed by atoms with van der Waals surface area (Å²) in [5.74, 6) is 1.57. The number of benzene rings is 4. The Morgan fingerprint density at radius 2 is 1.26 bits per heavy atom. The van der Waals surface area contributed by atoms with Crippen molar-refractivity contribution in [3.05, 3.63) is 161 Å². The Bertz CT molecular complexity index is 2630. The zero-order valence-electron chi connectivity index (χ0n) is 34.7. The molecule has 0 amide bonds. The molecule has 0 bridgehead atoms. The van der Waals surface area contributed by atoms with Crippen LogP contribution in [0.5, 0.6) is 0 Å². The summed E-state index contributed by atoms with van der Waals surface area (Å²) in [5, 5.41) is 2.04. The minimum Gasteiger partial charge on any atom is -0.486 e. The van der Waals surface area contributed by atoms with Crippen molar-refractivity contribution >= 4 is 22.1 Å².